The second kappa shape index (κ2) is 3.86. The molecule has 1 N–H and O–H groups in total. The lowest BCUT2D eigenvalue weighted by molar-refractivity contribution is 0.172. The summed E-state index contributed by atoms with van der Waals surface area (Å²) < 4.78 is 11.5. The molecule has 7 heteroatoms. The van der Waals surface area contributed by atoms with Crippen molar-refractivity contribution in [3.63, 3.8) is 0 Å². The third-order valence-electron chi connectivity index (χ3n) is 1.53. The molecule has 2 aromatic heterocycles. The molecule has 68 valence electrons. The molecule has 0 fully saturated rings. The first-order valence-corrected chi connectivity index (χ1v) is 5.14. The number of nitrogens with zero attached hydrogens (tertiary/aromatic N) is 4. The van der Waals surface area contributed by atoms with Gasteiger partial charge in [0.1, 0.15) is 11.8 Å². The average molecular weight is 214 g/mol. The molecule has 0 spiro atoms. The summed E-state index contributed by atoms with van der Waals surface area (Å²) in [5.74, 6) is 0. The molecule has 5 nitrogen and oxygen atoms in total. The van der Waals surface area contributed by atoms with Crippen LogP contribution in [0.3, 0.4) is 0 Å². The zero-order valence-corrected chi connectivity index (χ0v) is 8.12. The second-order valence-corrected chi connectivity index (χ2v) is 3.61. The van der Waals surface area contributed by atoms with Crippen molar-refractivity contribution in [2.24, 2.45) is 0 Å². The van der Waals surface area contributed by atoms with Crippen LogP contribution in [-0.4, -0.2) is 23.4 Å². The molecule has 1 unspecified atom stereocenters. The largest absolute Gasteiger partial charge is 0.386 e. The van der Waals surface area contributed by atoms with Gasteiger partial charge in [0, 0.05) is 11.8 Å². The molecule has 0 aliphatic rings. The zero-order chi connectivity index (χ0) is 9.10. The summed E-state index contributed by atoms with van der Waals surface area (Å²) in [7, 11) is 0. The van der Waals surface area contributed by atoms with Gasteiger partial charge in [-0.15, -0.1) is 5.10 Å². The van der Waals surface area contributed by atoms with Crippen molar-refractivity contribution in [1.82, 2.24) is 18.3 Å². The maximum atomic E-state index is 9.62. The Morgan fingerprint density at radius 1 is 1.54 bits per heavy atom. The number of aliphatic hydroxyl groups excluding tert-OH is 1. The number of aliphatic hydroxyl groups is 1. The van der Waals surface area contributed by atoms with Gasteiger partial charge in [-0.1, -0.05) is 4.49 Å². The predicted molar refractivity (Wildman–Crippen MR) is 48.5 cm³/mol. The smallest absolute Gasteiger partial charge is 0.104 e. The maximum absolute atomic E-state index is 9.62. The molecule has 2 heterocycles. The van der Waals surface area contributed by atoms with E-state index in [9.17, 15) is 5.11 Å². The van der Waals surface area contributed by atoms with Gasteiger partial charge in [-0.3, -0.25) is 0 Å². The van der Waals surface area contributed by atoms with E-state index in [-0.39, 0.29) is 0 Å². The van der Waals surface area contributed by atoms with Crippen molar-refractivity contribution in [3.05, 3.63) is 23.0 Å². The molecule has 0 aromatic carbocycles. The summed E-state index contributed by atoms with van der Waals surface area (Å²) in [5, 5.41) is 15.1. The molecule has 2 aromatic rings. The van der Waals surface area contributed by atoms with E-state index in [0.717, 1.165) is 17.4 Å². The Labute approximate surface area is 82.6 Å². The fraction of sp³-hybridized carbons (Fsp3) is 0.333. The molecule has 13 heavy (non-hydrogen) atoms. The number of aromatic nitrogens is 4. The summed E-state index contributed by atoms with van der Waals surface area (Å²) in [5.41, 5.74) is 1.38. The molecule has 0 aliphatic heterocycles. The minimum atomic E-state index is -0.623. The molecule has 2 rings (SSSR count). The molecule has 0 bridgehead atoms. The van der Waals surface area contributed by atoms with Crippen molar-refractivity contribution in [2.75, 3.05) is 0 Å². The van der Waals surface area contributed by atoms with Crippen molar-refractivity contribution in [3.8, 4) is 0 Å². The van der Waals surface area contributed by atoms with Crippen molar-refractivity contribution >= 4 is 23.3 Å². The van der Waals surface area contributed by atoms with Gasteiger partial charge in [-0.25, -0.2) is 0 Å². The van der Waals surface area contributed by atoms with Gasteiger partial charge >= 0.3 is 0 Å². The summed E-state index contributed by atoms with van der Waals surface area (Å²) in [4.78, 5) is 0. The lowest BCUT2D eigenvalue weighted by Gasteiger charge is -2.02. The average Bonchev–Trinajstić information content (AvgIpc) is 2.74. The van der Waals surface area contributed by atoms with Crippen molar-refractivity contribution in [1.29, 1.82) is 0 Å². The Morgan fingerprint density at radius 2 is 2.46 bits per heavy atom. The SMILES string of the molecule is OC(Cc1cnsn1)c1csnn1. The van der Waals surface area contributed by atoms with E-state index in [4.69, 9.17) is 0 Å². The van der Waals surface area contributed by atoms with Gasteiger partial charge in [-0.05, 0) is 11.5 Å². The number of hydrogen-bond acceptors (Lipinski definition) is 7. The summed E-state index contributed by atoms with van der Waals surface area (Å²) in [6.07, 6.45) is 1.47. The highest BCUT2D eigenvalue weighted by Gasteiger charge is 2.12. The Hall–Kier alpha value is -0.920. The van der Waals surface area contributed by atoms with Gasteiger partial charge in [0.25, 0.3) is 0 Å². The highest BCUT2D eigenvalue weighted by molar-refractivity contribution is 7.03. The minimum Gasteiger partial charge on any atom is -0.386 e. The van der Waals surface area contributed by atoms with Crippen LogP contribution < -0.4 is 0 Å². The summed E-state index contributed by atoms with van der Waals surface area (Å²) in [6.45, 7) is 0. The van der Waals surface area contributed by atoms with Crippen molar-refractivity contribution in [2.45, 2.75) is 12.5 Å². The Bertz CT molecular complexity index is 347. The number of hydrogen-bond donors (Lipinski definition) is 1. The molecule has 0 aliphatic carbocycles. The van der Waals surface area contributed by atoms with Gasteiger partial charge < -0.3 is 5.11 Å². The Balaban J connectivity index is 2.04. The van der Waals surface area contributed by atoms with Crippen LogP contribution in [0.15, 0.2) is 11.6 Å². The van der Waals surface area contributed by atoms with E-state index in [2.05, 4.69) is 18.3 Å². The molecule has 1 atom stereocenters. The first-order valence-electron chi connectivity index (χ1n) is 3.57. The highest BCUT2D eigenvalue weighted by Crippen LogP contribution is 2.15. The fourth-order valence-electron chi connectivity index (χ4n) is 0.894. The minimum absolute atomic E-state index is 0.446. The van der Waals surface area contributed by atoms with Crippen LogP contribution in [0.2, 0.25) is 0 Å². The van der Waals surface area contributed by atoms with E-state index >= 15 is 0 Å². The van der Waals surface area contributed by atoms with Crippen LogP contribution in [0.4, 0.5) is 0 Å². The normalized spacial score (nSPS) is 13.0. The van der Waals surface area contributed by atoms with Crippen LogP contribution in [0.5, 0.6) is 0 Å². The third kappa shape index (κ3) is 2.06. The van der Waals surface area contributed by atoms with Crippen LogP contribution in [0.1, 0.15) is 17.5 Å². The zero-order valence-electron chi connectivity index (χ0n) is 6.49. The van der Waals surface area contributed by atoms with E-state index in [0.29, 0.717) is 12.1 Å². The summed E-state index contributed by atoms with van der Waals surface area (Å²) in [6, 6.07) is 0. The molecule has 0 amide bonds. The van der Waals surface area contributed by atoms with E-state index in [1.54, 1.807) is 11.6 Å². The van der Waals surface area contributed by atoms with Crippen LogP contribution >= 0.6 is 23.3 Å². The van der Waals surface area contributed by atoms with Gasteiger partial charge in [0.2, 0.25) is 0 Å². The van der Waals surface area contributed by atoms with Crippen LogP contribution in [0.25, 0.3) is 0 Å². The predicted octanol–water partition coefficient (Wildman–Crippen LogP) is 0.666. The standard InChI is InChI=1S/C6H6N4OS2/c11-6(5-3-12-10-8-5)1-4-2-7-13-9-4/h2-3,6,11H,1H2. The topological polar surface area (TPSA) is 71.8 Å². The lowest BCUT2D eigenvalue weighted by Crippen LogP contribution is -2.02. The molecule has 0 saturated carbocycles. The molecule has 0 radical (unpaired) electrons. The monoisotopic (exact) mass is 214 g/mol. The van der Waals surface area contributed by atoms with Crippen LogP contribution in [-0.2, 0) is 6.42 Å². The molecule has 0 saturated heterocycles. The van der Waals surface area contributed by atoms with Gasteiger partial charge in [0.05, 0.1) is 23.6 Å². The van der Waals surface area contributed by atoms with E-state index < -0.39 is 6.10 Å². The van der Waals surface area contributed by atoms with Crippen LogP contribution in [0, 0.1) is 0 Å². The number of rotatable bonds is 3. The Morgan fingerprint density at radius 3 is 3.08 bits per heavy atom. The van der Waals surface area contributed by atoms with Crippen molar-refractivity contribution < 1.29 is 5.11 Å². The Kier molecular flexibility index (Phi) is 2.57. The molecular weight excluding hydrogens is 208 g/mol. The summed E-state index contributed by atoms with van der Waals surface area (Å²) >= 11 is 2.36. The quantitative estimate of drug-likeness (QED) is 0.812. The van der Waals surface area contributed by atoms with E-state index in [1.807, 2.05) is 0 Å². The first kappa shape index (κ1) is 8.67. The lowest BCUT2D eigenvalue weighted by atomic mass is 10.2. The second-order valence-electron chi connectivity index (χ2n) is 2.45. The highest BCUT2D eigenvalue weighted by atomic mass is 32.1. The van der Waals surface area contributed by atoms with Gasteiger partial charge in [-0.2, -0.15) is 8.75 Å². The molecular formula is C6H6N4OS2. The van der Waals surface area contributed by atoms with Gasteiger partial charge in [0.15, 0.2) is 0 Å². The first-order chi connectivity index (χ1) is 6.36. The maximum Gasteiger partial charge on any atom is 0.104 e. The van der Waals surface area contributed by atoms with E-state index in [1.165, 1.54) is 11.5 Å². The third-order valence-corrected chi connectivity index (χ3v) is 2.57. The fourth-order valence-corrected chi connectivity index (χ4v) is 1.84.